The minimum Gasteiger partial charge on any atom is -0.171 e. The Morgan fingerprint density at radius 1 is 1.27 bits per heavy atom. The number of hydrogen-bond acceptors (Lipinski definition) is 1. The molecule has 56 valence electrons. The largest absolute Gasteiger partial charge is 0.171 e. The third kappa shape index (κ3) is 1.21. The molecule has 1 aliphatic rings. The van der Waals surface area contributed by atoms with Crippen LogP contribution in [0.5, 0.6) is 0 Å². The molecule has 2 rings (SSSR count). The van der Waals surface area contributed by atoms with Gasteiger partial charge in [0.05, 0.1) is 0 Å². The van der Waals surface area contributed by atoms with Gasteiger partial charge in [-0.1, -0.05) is 36.4 Å². The molecule has 0 bridgehead atoms. The van der Waals surface area contributed by atoms with Gasteiger partial charge in [-0.15, -0.1) is 0 Å². The molecule has 0 aliphatic heterocycles. The van der Waals surface area contributed by atoms with Gasteiger partial charge in [0.25, 0.3) is 0 Å². The molecule has 0 N–H and O–H groups in total. The summed E-state index contributed by atoms with van der Waals surface area (Å²) < 4.78 is 0. The highest BCUT2D eigenvalue weighted by Gasteiger charge is 2.10. The van der Waals surface area contributed by atoms with E-state index in [9.17, 15) is 0 Å². The fourth-order valence-corrected chi connectivity index (χ4v) is 1.77. The number of thiol groups is 1. The summed E-state index contributed by atoms with van der Waals surface area (Å²) in [5, 5.41) is 0.399. The predicted octanol–water partition coefficient (Wildman–Crippen LogP) is 3.07. The molecule has 1 heteroatoms. The van der Waals surface area contributed by atoms with Crippen molar-refractivity contribution in [3.8, 4) is 0 Å². The SMILES string of the molecule is SC1CC=Cc2ccccc21. The molecule has 1 aromatic rings. The maximum atomic E-state index is 4.49. The number of allylic oxidation sites excluding steroid dienone is 1. The van der Waals surface area contributed by atoms with Gasteiger partial charge in [0, 0.05) is 5.25 Å². The van der Waals surface area contributed by atoms with Crippen LogP contribution in [-0.2, 0) is 0 Å². The van der Waals surface area contributed by atoms with Crippen LogP contribution in [0.2, 0.25) is 0 Å². The molecule has 1 aromatic carbocycles. The van der Waals surface area contributed by atoms with E-state index in [0.29, 0.717) is 5.25 Å². The average molecular weight is 162 g/mol. The lowest BCUT2D eigenvalue weighted by Crippen LogP contribution is -1.96. The minimum absolute atomic E-state index is 0.399. The van der Waals surface area contributed by atoms with E-state index < -0.39 is 0 Å². The van der Waals surface area contributed by atoms with E-state index in [4.69, 9.17) is 0 Å². The van der Waals surface area contributed by atoms with Gasteiger partial charge >= 0.3 is 0 Å². The Balaban J connectivity index is 2.54. The van der Waals surface area contributed by atoms with Gasteiger partial charge in [-0.05, 0) is 17.5 Å². The van der Waals surface area contributed by atoms with Crippen molar-refractivity contribution in [1.29, 1.82) is 0 Å². The summed E-state index contributed by atoms with van der Waals surface area (Å²) in [4.78, 5) is 0. The van der Waals surface area contributed by atoms with Crippen molar-refractivity contribution in [3.05, 3.63) is 41.5 Å². The van der Waals surface area contributed by atoms with E-state index in [0.717, 1.165) is 6.42 Å². The summed E-state index contributed by atoms with van der Waals surface area (Å²) in [5.74, 6) is 0. The molecule has 0 nitrogen and oxygen atoms in total. The maximum Gasteiger partial charge on any atom is 0.0307 e. The quantitative estimate of drug-likeness (QED) is 0.557. The van der Waals surface area contributed by atoms with Crippen LogP contribution in [0.1, 0.15) is 22.8 Å². The smallest absolute Gasteiger partial charge is 0.0307 e. The molecule has 0 spiro atoms. The first-order valence-corrected chi connectivity index (χ1v) is 4.33. The molecule has 0 fully saturated rings. The number of fused-ring (bicyclic) bond motifs is 1. The Hall–Kier alpha value is -0.690. The monoisotopic (exact) mass is 162 g/mol. The van der Waals surface area contributed by atoms with Crippen LogP contribution < -0.4 is 0 Å². The second kappa shape index (κ2) is 2.74. The number of hydrogen-bond donors (Lipinski definition) is 1. The molecule has 1 unspecified atom stereocenters. The van der Waals surface area contributed by atoms with Gasteiger partial charge in [0.15, 0.2) is 0 Å². The van der Waals surface area contributed by atoms with Crippen molar-refractivity contribution in [2.75, 3.05) is 0 Å². The Labute approximate surface area is 72.4 Å². The van der Waals surface area contributed by atoms with Crippen molar-refractivity contribution >= 4 is 18.7 Å². The highest BCUT2D eigenvalue weighted by Crippen LogP contribution is 2.31. The molecular weight excluding hydrogens is 152 g/mol. The fraction of sp³-hybridized carbons (Fsp3) is 0.200. The normalized spacial score (nSPS) is 21.4. The van der Waals surface area contributed by atoms with Crippen molar-refractivity contribution < 1.29 is 0 Å². The summed E-state index contributed by atoms with van der Waals surface area (Å²) in [6.07, 6.45) is 5.40. The zero-order chi connectivity index (χ0) is 7.68. The van der Waals surface area contributed by atoms with Crippen LogP contribution in [0.3, 0.4) is 0 Å². The predicted molar refractivity (Wildman–Crippen MR) is 51.8 cm³/mol. The highest BCUT2D eigenvalue weighted by atomic mass is 32.1. The zero-order valence-corrected chi connectivity index (χ0v) is 7.09. The molecule has 0 amide bonds. The van der Waals surface area contributed by atoms with E-state index >= 15 is 0 Å². The third-order valence-electron chi connectivity index (χ3n) is 2.01. The lowest BCUT2D eigenvalue weighted by molar-refractivity contribution is 0.963. The van der Waals surface area contributed by atoms with E-state index in [1.54, 1.807) is 0 Å². The first-order chi connectivity index (χ1) is 5.38. The Kier molecular flexibility index (Phi) is 1.74. The van der Waals surface area contributed by atoms with Crippen molar-refractivity contribution in [2.45, 2.75) is 11.7 Å². The molecule has 0 saturated heterocycles. The lowest BCUT2D eigenvalue weighted by Gasteiger charge is -2.15. The van der Waals surface area contributed by atoms with Gasteiger partial charge in [0.2, 0.25) is 0 Å². The van der Waals surface area contributed by atoms with Crippen molar-refractivity contribution in [3.63, 3.8) is 0 Å². The highest BCUT2D eigenvalue weighted by molar-refractivity contribution is 7.80. The van der Waals surface area contributed by atoms with E-state index in [-0.39, 0.29) is 0 Å². The van der Waals surface area contributed by atoms with Crippen molar-refractivity contribution in [1.82, 2.24) is 0 Å². The molecule has 0 aromatic heterocycles. The molecular formula is C10H10S. The third-order valence-corrected chi connectivity index (χ3v) is 2.50. The maximum absolute atomic E-state index is 4.49. The van der Waals surface area contributed by atoms with Gasteiger partial charge in [-0.3, -0.25) is 0 Å². The zero-order valence-electron chi connectivity index (χ0n) is 6.20. The molecule has 0 saturated carbocycles. The first kappa shape index (κ1) is 6.99. The minimum atomic E-state index is 0.399. The Bertz CT molecular complexity index is 289. The van der Waals surface area contributed by atoms with E-state index in [1.807, 2.05) is 0 Å². The molecule has 11 heavy (non-hydrogen) atoms. The van der Waals surface area contributed by atoms with Crippen LogP contribution in [0.4, 0.5) is 0 Å². The second-order valence-corrected chi connectivity index (χ2v) is 3.41. The molecule has 1 aliphatic carbocycles. The first-order valence-electron chi connectivity index (χ1n) is 3.81. The van der Waals surface area contributed by atoms with Gasteiger partial charge in [-0.25, -0.2) is 0 Å². The van der Waals surface area contributed by atoms with Gasteiger partial charge in [0.1, 0.15) is 0 Å². The van der Waals surface area contributed by atoms with Crippen LogP contribution >= 0.6 is 12.6 Å². The van der Waals surface area contributed by atoms with Crippen LogP contribution in [0.15, 0.2) is 30.3 Å². The van der Waals surface area contributed by atoms with E-state index in [2.05, 4.69) is 49.0 Å². The Morgan fingerprint density at radius 2 is 2.09 bits per heavy atom. The molecule has 0 heterocycles. The van der Waals surface area contributed by atoms with E-state index in [1.165, 1.54) is 11.1 Å². The molecule has 0 radical (unpaired) electrons. The van der Waals surface area contributed by atoms with Crippen molar-refractivity contribution in [2.24, 2.45) is 0 Å². The molecule has 1 atom stereocenters. The van der Waals surface area contributed by atoms with Crippen LogP contribution in [0.25, 0.3) is 6.08 Å². The summed E-state index contributed by atoms with van der Waals surface area (Å²) in [6, 6.07) is 8.42. The average Bonchev–Trinajstić information content (AvgIpc) is 2.06. The van der Waals surface area contributed by atoms with Crippen LogP contribution in [-0.4, -0.2) is 0 Å². The standard InChI is InChI=1S/C10H10S/c11-10-7-3-5-8-4-1-2-6-9(8)10/h1-6,10-11H,7H2. The summed E-state index contributed by atoms with van der Waals surface area (Å²) in [5.41, 5.74) is 2.68. The topological polar surface area (TPSA) is 0 Å². The number of rotatable bonds is 0. The lowest BCUT2D eigenvalue weighted by atomic mass is 9.97. The van der Waals surface area contributed by atoms with Gasteiger partial charge < -0.3 is 0 Å². The fourth-order valence-electron chi connectivity index (χ4n) is 1.42. The summed E-state index contributed by atoms with van der Waals surface area (Å²) in [7, 11) is 0. The van der Waals surface area contributed by atoms with Crippen LogP contribution in [0, 0.1) is 0 Å². The Morgan fingerprint density at radius 3 is 2.91 bits per heavy atom. The summed E-state index contributed by atoms with van der Waals surface area (Å²) in [6.45, 7) is 0. The number of benzene rings is 1. The summed E-state index contributed by atoms with van der Waals surface area (Å²) >= 11 is 4.49. The van der Waals surface area contributed by atoms with Gasteiger partial charge in [-0.2, -0.15) is 12.6 Å². The second-order valence-electron chi connectivity index (χ2n) is 2.78.